The van der Waals surface area contributed by atoms with Gasteiger partial charge in [-0.3, -0.25) is 0 Å². The zero-order valence-electron chi connectivity index (χ0n) is 21.7. The number of nitrogens with zero attached hydrogens (tertiary/aromatic N) is 2. The third-order valence-corrected chi connectivity index (χ3v) is 6.24. The van der Waals surface area contributed by atoms with E-state index in [1.165, 1.54) is 11.1 Å². The summed E-state index contributed by atoms with van der Waals surface area (Å²) in [6.45, 7) is 16.2. The molecule has 1 aromatic heterocycles. The van der Waals surface area contributed by atoms with Crippen molar-refractivity contribution in [2.75, 3.05) is 0 Å². The summed E-state index contributed by atoms with van der Waals surface area (Å²) in [6.07, 6.45) is 1.94. The van der Waals surface area contributed by atoms with E-state index < -0.39 is 0 Å². The average Bonchev–Trinajstić information content (AvgIpc) is 3.26. The van der Waals surface area contributed by atoms with E-state index in [0.29, 0.717) is 23.0 Å². The van der Waals surface area contributed by atoms with Gasteiger partial charge in [0, 0.05) is 11.8 Å². The van der Waals surface area contributed by atoms with Crippen molar-refractivity contribution < 1.29 is 9.47 Å². The highest BCUT2D eigenvalue weighted by molar-refractivity contribution is 6.04. The van der Waals surface area contributed by atoms with Gasteiger partial charge in [0.1, 0.15) is 23.1 Å². The molecular weight excluding hydrogens is 434 g/mol. The lowest BCUT2D eigenvalue weighted by molar-refractivity contribution is 0.458. The minimum absolute atomic E-state index is 0.331. The molecule has 1 aliphatic rings. The molecule has 1 N–H and O–H groups in total. The quantitative estimate of drug-likeness (QED) is 0.430. The Labute approximate surface area is 207 Å². The molecule has 3 aromatic rings. The molecule has 35 heavy (non-hydrogen) atoms. The van der Waals surface area contributed by atoms with E-state index in [0.717, 1.165) is 50.6 Å². The second kappa shape index (κ2) is 9.31. The lowest BCUT2D eigenvalue weighted by atomic mass is 10.1. The molecule has 0 spiro atoms. The Balaban J connectivity index is 1.66. The fraction of sp³-hybridized carbons (Fsp3) is 0.267. The van der Waals surface area contributed by atoms with Crippen LogP contribution in [0.4, 0.5) is 0 Å². The first-order valence-corrected chi connectivity index (χ1v) is 11.7. The fourth-order valence-corrected chi connectivity index (χ4v) is 4.63. The molecule has 0 fully saturated rings. The van der Waals surface area contributed by atoms with Crippen LogP contribution in [-0.2, 0) is 0 Å². The van der Waals surface area contributed by atoms with Crippen LogP contribution in [0.1, 0.15) is 51.6 Å². The van der Waals surface area contributed by atoms with E-state index in [9.17, 15) is 5.26 Å². The second-order valence-electron chi connectivity index (χ2n) is 9.45. The number of aromatic nitrogens is 1. The summed E-state index contributed by atoms with van der Waals surface area (Å²) in [7, 11) is 0. The molecule has 0 unspecified atom stereocenters. The Morgan fingerprint density at radius 1 is 0.743 bits per heavy atom. The summed E-state index contributed by atoms with van der Waals surface area (Å²) in [5, 5.41) is 9.82. The van der Waals surface area contributed by atoms with Crippen molar-refractivity contribution in [1.82, 2.24) is 4.98 Å². The van der Waals surface area contributed by atoms with Crippen molar-refractivity contribution in [2.45, 2.75) is 55.4 Å². The lowest BCUT2D eigenvalue weighted by Gasteiger charge is -2.12. The van der Waals surface area contributed by atoms with Crippen LogP contribution in [0.25, 0.3) is 6.08 Å². The monoisotopic (exact) mass is 465 g/mol. The van der Waals surface area contributed by atoms with Crippen LogP contribution in [0.3, 0.4) is 0 Å². The molecule has 178 valence electrons. The number of benzene rings is 2. The minimum Gasteiger partial charge on any atom is -0.440 e. The highest BCUT2D eigenvalue weighted by Gasteiger charge is 2.24. The first-order valence-electron chi connectivity index (χ1n) is 11.7. The van der Waals surface area contributed by atoms with Crippen LogP contribution >= 0.6 is 0 Å². The maximum atomic E-state index is 9.82. The molecule has 2 aromatic carbocycles. The number of rotatable bonds is 4. The Bertz CT molecular complexity index is 1430. The Kier molecular flexibility index (Phi) is 6.41. The zero-order valence-corrected chi connectivity index (χ0v) is 21.7. The molecule has 5 nitrogen and oxygen atoms in total. The predicted molar refractivity (Wildman–Crippen MR) is 141 cm³/mol. The number of ether oxygens (including phenoxy) is 2. The molecule has 0 saturated heterocycles. The van der Waals surface area contributed by atoms with Gasteiger partial charge < -0.3 is 14.5 Å². The molecule has 0 saturated carbocycles. The molecule has 0 radical (unpaired) electrons. The van der Waals surface area contributed by atoms with Gasteiger partial charge in [-0.25, -0.2) is 4.99 Å². The summed E-state index contributed by atoms with van der Waals surface area (Å²) in [5.74, 6) is 2.60. The van der Waals surface area contributed by atoms with Gasteiger partial charge in [0.05, 0.1) is 5.70 Å². The molecular formula is C30H31N3O2. The van der Waals surface area contributed by atoms with Gasteiger partial charge in [-0.05, 0) is 94.9 Å². The summed E-state index contributed by atoms with van der Waals surface area (Å²) in [4.78, 5) is 8.04. The third kappa shape index (κ3) is 4.79. The number of hydrogen-bond donors (Lipinski definition) is 1. The van der Waals surface area contributed by atoms with Crippen LogP contribution < -0.4 is 9.47 Å². The fourth-order valence-electron chi connectivity index (χ4n) is 4.63. The predicted octanol–water partition coefficient (Wildman–Crippen LogP) is 7.64. The molecule has 0 aliphatic carbocycles. The first-order chi connectivity index (χ1) is 16.6. The molecule has 5 heteroatoms. The van der Waals surface area contributed by atoms with Crippen LogP contribution in [0, 0.1) is 59.8 Å². The number of aromatic amines is 1. The maximum Gasteiger partial charge on any atom is 0.238 e. The van der Waals surface area contributed by atoms with Crippen molar-refractivity contribution in [3.63, 3.8) is 0 Å². The van der Waals surface area contributed by atoms with Gasteiger partial charge in [-0.1, -0.05) is 35.4 Å². The molecule has 0 atom stereocenters. The van der Waals surface area contributed by atoms with E-state index in [-0.39, 0.29) is 0 Å². The van der Waals surface area contributed by atoms with Gasteiger partial charge in [0.15, 0.2) is 5.88 Å². The summed E-state index contributed by atoms with van der Waals surface area (Å²) < 4.78 is 12.4. The van der Waals surface area contributed by atoms with Crippen molar-refractivity contribution >= 4 is 12.0 Å². The number of hydrogen-bond acceptors (Lipinski definition) is 4. The SMILES string of the molecule is CC1=C(C#N)C(Oc2c(C)cc(C)cc2C)=N/C1=C\c1[nH]c(Oc2c(C)cc(C)cc2C)cc1C. The van der Waals surface area contributed by atoms with Crippen molar-refractivity contribution in [3.05, 3.63) is 91.8 Å². The van der Waals surface area contributed by atoms with E-state index in [4.69, 9.17) is 9.47 Å². The van der Waals surface area contributed by atoms with Crippen LogP contribution in [0.5, 0.6) is 17.4 Å². The van der Waals surface area contributed by atoms with Gasteiger partial charge in [0.2, 0.25) is 5.90 Å². The summed E-state index contributed by atoms with van der Waals surface area (Å²) in [5.41, 5.74) is 10.4. The van der Waals surface area contributed by atoms with E-state index >= 15 is 0 Å². The average molecular weight is 466 g/mol. The van der Waals surface area contributed by atoms with E-state index in [1.807, 2.05) is 39.8 Å². The molecule has 2 heterocycles. The van der Waals surface area contributed by atoms with Gasteiger partial charge in [0.25, 0.3) is 0 Å². The maximum absolute atomic E-state index is 9.82. The Morgan fingerprint density at radius 2 is 1.26 bits per heavy atom. The van der Waals surface area contributed by atoms with Crippen molar-refractivity contribution in [1.29, 1.82) is 5.26 Å². The van der Waals surface area contributed by atoms with Gasteiger partial charge in [-0.2, -0.15) is 5.26 Å². The topological polar surface area (TPSA) is 70.4 Å². The van der Waals surface area contributed by atoms with Crippen LogP contribution in [0.2, 0.25) is 0 Å². The highest BCUT2D eigenvalue weighted by atomic mass is 16.5. The first kappa shape index (κ1) is 24.1. The molecule has 4 rings (SSSR count). The number of nitriles is 1. The van der Waals surface area contributed by atoms with Crippen LogP contribution in [-0.4, -0.2) is 10.9 Å². The third-order valence-electron chi connectivity index (χ3n) is 6.24. The lowest BCUT2D eigenvalue weighted by Crippen LogP contribution is -2.10. The number of nitrogens with one attached hydrogen (secondary N) is 1. The molecule has 1 aliphatic heterocycles. The minimum atomic E-state index is 0.331. The Hall–Kier alpha value is -4.04. The Morgan fingerprint density at radius 3 is 1.77 bits per heavy atom. The number of aryl methyl sites for hydroxylation is 7. The summed E-state index contributed by atoms with van der Waals surface area (Å²) in [6, 6.07) is 12.6. The van der Waals surface area contributed by atoms with E-state index in [1.54, 1.807) is 0 Å². The number of H-pyrrole nitrogens is 1. The largest absolute Gasteiger partial charge is 0.440 e. The van der Waals surface area contributed by atoms with Gasteiger partial charge in [-0.15, -0.1) is 0 Å². The van der Waals surface area contributed by atoms with Crippen molar-refractivity contribution in [3.8, 4) is 23.4 Å². The van der Waals surface area contributed by atoms with Gasteiger partial charge >= 0.3 is 0 Å². The normalized spacial score (nSPS) is 14.4. The molecule has 0 bridgehead atoms. The second-order valence-corrected chi connectivity index (χ2v) is 9.45. The standard InChI is InChI=1S/C30H31N3O2/c1-16-9-19(4)28(20(5)10-16)34-27-13-18(3)25(32-27)14-26-23(8)24(15-31)30(33-26)35-29-21(6)11-17(2)12-22(29)7/h9-14,32H,1-8H3/b26-14-. The van der Waals surface area contributed by atoms with E-state index in [2.05, 4.69) is 68.0 Å². The highest BCUT2D eigenvalue weighted by Crippen LogP contribution is 2.34. The number of allylic oxidation sites excluding steroid dienone is 1. The smallest absolute Gasteiger partial charge is 0.238 e. The number of aliphatic imine (C=N–C) groups is 1. The zero-order chi connectivity index (χ0) is 25.4. The summed E-state index contributed by atoms with van der Waals surface area (Å²) >= 11 is 0. The van der Waals surface area contributed by atoms with Crippen LogP contribution in [0.15, 0.2) is 52.2 Å². The van der Waals surface area contributed by atoms with Crippen molar-refractivity contribution in [2.24, 2.45) is 4.99 Å². The molecule has 0 amide bonds.